The van der Waals surface area contributed by atoms with Gasteiger partial charge in [-0.2, -0.15) is 0 Å². The zero-order valence-corrected chi connectivity index (χ0v) is 28.4. The largest absolute Gasteiger partial charge is 0.472 e. The average Bonchev–Trinajstić information content (AvgIpc) is 3.02. The summed E-state index contributed by atoms with van der Waals surface area (Å²) in [5.41, 5.74) is 0. The topological polar surface area (TPSA) is 175 Å². The Morgan fingerprint density at radius 2 is 1.20 bits per heavy atom. The number of hydrogen-bond acceptors (Lipinski definition) is 10. The van der Waals surface area contributed by atoms with Gasteiger partial charge < -0.3 is 39.9 Å². The van der Waals surface area contributed by atoms with Crippen molar-refractivity contribution in [2.75, 3.05) is 40.1 Å². The molecule has 0 aliphatic heterocycles. The van der Waals surface area contributed by atoms with Gasteiger partial charge in [-0.25, -0.2) is 4.57 Å². The van der Waals surface area contributed by atoms with E-state index in [9.17, 15) is 29.9 Å². The number of rotatable bonds is 33. The molecule has 0 aromatic carbocycles. The first-order valence-electron chi connectivity index (χ1n) is 16.9. The fraction of sp³-hybridized carbons (Fsp3) is 0.938. The van der Waals surface area contributed by atoms with Crippen LogP contribution < -0.4 is 0 Å². The maximum absolute atomic E-state index is 12.3. The lowest BCUT2D eigenvalue weighted by molar-refractivity contribution is -0.136. The van der Waals surface area contributed by atoms with Crippen LogP contribution in [-0.2, 0) is 23.1 Å². The molecule has 0 amide bonds. The fourth-order valence-electron chi connectivity index (χ4n) is 4.75. The van der Waals surface area contributed by atoms with E-state index in [0.717, 1.165) is 25.7 Å². The molecule has 6 N–H and O–H groups in total. The molecule has 6 atom stereocenters. The molecule has 0 bridgehead atoms. The molecule has 0 heterocycles. The zero-order valence-electron chi connectivity index (χ0n) is 27.5. The maximum Gasteiger partial charge on any atom is 0.472 e. The van der Waals surface area contributed by atoms with Crippen LogP contribution in [0.25, 0.3) is 0 Å². The number of methoxy groups -OCH3 is 1. The number of hydrogen-bond donors (Lipinski definition) is 6. The van der Waals surface area contributed by atoms with Gasteiger partial charge in [0.25, 0.3) is 0 Å². The van der Waals surface area contributed by atoms with Gasteiger partial charge in [-0.05, 0) is 32.1 Å². The number of phosphoric ester groups is 1. The number of aliphatic hydroxyl groups excluding tert-OH is 5. The van der Waals surface area contributed by atoms with Gasteiger partial charge in [-0.15, -0.1) is 0 Å². The number of unbranched alkanes of at least 4 members (excludes halogenated alkanes) is 16. The molecule has 44 heavy (non-hydrogen) atoms. The van der Waals surface area contributed by atoms with Crippen molar-refractivity contribution in [3.8, 4) is 0 Å². The van der Waals surface area contributed by atoms with Crippen molar-refractivity contribution < 1.29 is 53.5 Å². The molecule has 0 fully saturated rings. The predicted octanol–water partition coefficient (Wildman–Crippen LogP) is 5.19. The first kappa shape index (κ1) is 43.6. The van der Waals surface area contributed by atoms with E-state index < -0.39 is 58.2 Å². The third-order valence-electron chi connectivity index (χ3n) is 7.57. The van der Waals surface area contributed by atoms with Crippen LogP contribution in [0.2, 0.25) is 0 Å². The molecular weight excluding hydrogens is 591 g/mol. The van der Waals surface area contributed by atoms with Crippen LogP contribution in [0.4, 0.5) is 0 Å². The highest BCUT2D eigenvalue weighted by molar-refractivity contribution is 7.47. The molecule has 1 unspecified atom stereocenters. The molecule has 0 saturated carbocycles. The van der Waals surface area contributed by atoms with Gasteiger partial charge in [0.15, 0.2) is 0 Å². The third kappa shape index (κ3) is 24.8. The smallest absolute Gasteiger partial charge is 0.394 e. The van der Waals surface area contributed by atoms with Crippen molar-refractivity contribution in [1.29, 1.82) is 0 Å². The van der Waals surface area contributed by atoms with E-state index in [-0.39, 0.29) is 6.61 Å². The second-order valence-electron chi connectivity index (χ2n) is 11.6. The van der Waals surface area contributed by atoms with E-state index >= 15 is 0 Å². The van der Waals surface area contributed by atoms with Gasteiger partial charge in [0.2, 0.25) is 0 Å². The molecule has 0 spiro atoms. The average molecular weight is 657 g/mol. The predicted molar refractivity (Wildman–Crippen MR) is 172 cm³/mol. The second kappa shape index (κ2) is 29.9. The Balaban J connectivity index is 4.03. The number of allylic oxidation sites excluding steroid dienone is 2. The standard InChI is InChI=1S/C32H65O11P/c1-3-4-5-6-7-8-9-10-11-12-13-14-15-16-17-18-19-20-21-22-23-41-27-30(40-2)32(31(37)29(36)25-34)43-44(38,39)42-26-28(35)24-33/h13-14,28-37H,3-12,15-27H2,1-2H3,(H,38,39)/b14-13-/t28-,29-,30-,31-,32-/m1/s1. The van der Waals surface area contributed by atoms with Crippen molar-refractivity contribution in [3.63, 3.8) is 0 Å². The summed E-state index contributed by atoms with van der Waals surface area (Å²) in [6, 6.07) is 0. The van der Waals surface area contributed by atoms with E-state index in [1.165, 1.54) is 97.0 Å². The highest BCUT2D eigenvalue weighted by Gasteiger charge is 2.40. The van der Waals surface area contributed by atoms with Gasteiger partial charge >= 0.3 is 7.82 Å². The summed E-state index contributed by atoms with van der Waals surface area (Å²) in [7, 11) is -3.55. The summed E-state index contributed by atoms with van der Waals surface area (Å²) in [5.74, 6) is 0. The van der Waals surface area contributed by atoms with Gasteiger partial charge in [0.05, 0.1) is 26.4 Å². The lowest BCUT2D eigenvalue weighted by atomic mass is 10.0. The maximum atomic E-state index is 12.3. The van der Waals surface area contributed by atoms with E-state index in [1.807, 2.05) is 0 Å². The molecular formula is C32H65O11P. The van der Waals surface area contributed by atoms with E-state index in [4.69, 9.17) is 19.1 Å². The minimum Gasteiger partial charge on any atom is -0.394 e. The van der Waals surface area contributed by atoms with E-state index in [1.54, 1.807) is 0 Å². The highest BCUT2D eigenvalue weighted by atomic mass is 31.2. The first-order valence-corrected chi connectivity index (χ1v) is 18.4. The molecule has 0 saturated heterocycles. The molecule has 264 valence electrons. The monoisotopic (exact) mass is 656 g/mol. The molecule has 12 heteroatoms. The van der Waals surface area contributed by atoms with E-state index in [0.29, 0.717) is 6.61 Å². The fourth-order valence-corrected chi connectivity index (χ4v) is 5.74. The zero-order chi connectivity index (χ0) is 32.9. The van der Waals surface area contributed by atoms with Crippen LogP contribution in [0.15, 0.2) is 12.2 Å². The second-order valence-corrected chi connectivity index (χ2v) is 13.0. The molecule has 0 aliphatic carbocycles. The molecule has 0 aliphatic rings. The molecule has 11 nitrogen and oxygen atoms in total. The van der Waals surface area contributed by atoms with Crippen LogP contribution in [0.5, 0.6) is 0 Å². The van der Waals surface area contributed by atoms with Crippen LogP contribution in [0.3, 0.4) is 0 Å². The molecule has 0 aromatic heterocycles. The van der Waals surface area contributed by atoms with Crippen molar-refractivity contribution in [2.24, 2.45) is 0 Å². The Morgan fingerprint density at radius 1 is 0.705 bits per heavy atom. The van der Waals surface area contributed by atoms with Gasteiger partial charge in [0.1, 0.15) is 30.5 Å². The van der Waals surface area contributed by atoms with Crippen molar-refractivity contribution in [2.45, 2.75) is 153 Å². The minimum absolute atomic E-state index is 0.109. The highest BCUT2D eigenvalue weighted by Crippen LogP contribution is 2.46. The van der Waals surface area contributed by atoms with Crippen LogP contribution in [-0.4, -0.2) is 101 Å². The number of aliphatic hydroxyl groups is 5. The Bertz CT molecular complexity index is 697. The quantitative estimate of drug-likeness (QED) is 0.0312. The summed E-state index contributed by atoms with van der Waals surface area (Å²) in [6.45, 7) is 0.347. The summed E-state index contributed by atoms with van der Waals surface area (Å²) in [6.07, 6.45) is 19.6. The summed E-state index contributed by atoms with van der Waals surface area (Å²) < 4.78 is 32.9. The van der Waals surface area contributed by atoms with Gasteiger partial charge in [-0.3, -0.25) is 9.05 Å². The summed E-state index contributed by atoms with van der Waals surface area (Å²) in [5, 5.41) is 47.7. The van der Waals surface area contributed by atoms with Gasteiger partial charge in [-0.1, -0.05) is 103 Å². The number of phosphoric acid groups is 1. The Labute approximate surface area is 266 Å². The minimum atomic E-state index is -4.83. The Hall–Kier alpha value is -0.430. The van der Waals surface area contributed by atoms with Crippen LogP contribution >= 0.6 is 7.82 Å². The first-order chi connectivity index (χ1) is 21.2. The third-order valence-corrected chi connectivity index (χ3v) is 8.55. The molecule has 0 aromatic rings. The molecule has 0 radical (unpaired) electrons. The lowest BCUT2D eigenvalue weighted by Crippen LogP contribution is -2.49. The van der Waals surface area contributed by atoms with Crippen LogP contribution in [0, 0.1) is 0 Å². The van der Waals surface area contributed by atoms with Gasteiger partial charge in [0, 0.05) is 13.7 Å². The normalized spacial score (nSPS) is 17.0. The Kier molecular flexibility index (Phi) is 29.6. The van der Waals surface area contributed by atoms with Crippen molar-refractivity contribution >= 4 is 7.82 Å². The number of ether oxygens (including phenoxy) is 2. The van der Waals surface area contributed by atoms with Crippen LogP contribution in [0.1, 0.15) is 122 Å². The van der Waals surface area contributed by atoms with E-state index in [2.05, 4.69) is 23.6 Å². The van der Waals surface area contributed by atoms with Crippen molar-refractivity contribution in [3.05, 3.63) is 12.2 Å². The lowest BCUT2D eigenvalue weighted by Gasteiger charge is -2.32. The molecule has 0 rings (SSSR count). The van der Waals surface area contributed by atoms with Crippen molar-refractivity contribution in [1.82, 2.24) is 0 Å². The SMILES string of the molecule is CCCCCCCCCCC/C=C\CCCCCCCCCOC[C@@H](OC)[C@@H](OP(=O)(O)OC[C@H](O)CO)[C@H](O)[C@H](O)CO. The summed E-state index contributed by atoms with van der Waals surface area (Å²) in [4.78, 5) is 9.99. The Morgan fingerprint density at radius 3 is 1.68 bits per heavy atom. The summed E-state index contributed by atoms with van der Waals surface area (Å²) >= 11 is 0.